The van der Waals surface area contributed by atoms with Gasteiger partial charge >= 0.3 is 6.09 Å². The van der Waals surface area contributed by atoms with E-state index in [0.29, 0.717) is 39.1 Å². The van der Waals surface area contributed by atoms with E-state index < -0.39 is 5.79 Å². The fourth-order valence-electron chi connectivity index (χ4n) is 2.04. The molecule has 2 aliphatic heterocycles. The van der Waals surface area contributed by atoms with Gasteiger partial charge in [0.2, 0.25) is 0 Å². The number of nitrogens with zero attached hydrogens (tertiary/aromatic N) is 1. The van der Waals surface area contributed by atoms with Crippen molar-refractivity contribution in [1.29, 1.82) is 0 Å². The number of hydrogen-bond acceptors (Lipinski definition) is 5. The molecule has 2 rings (SSSR count). The van der Waals surface area contributed by atoms with Crippen LogP contribution >= 0.6 is 0 Å². The second-order valence-corrected chi connectivity index (χ2v) is 3.93. The monoisotopic (exact) mass is 231 g/mol. The molecule has 2 heterocycles. The molecular weight excluding hydrogens is 214 g/mol. The zero-order valence-electron chi connectivity index (χ0n) is 9.18. The summed E-state index contributed by atoms with van der Waals surface area (Å²) in [4.78, 5) is 13.1. The Kier molecular flexibility index (Phi) is 3.63. The van der Waals surface area contributed by atoms with Gasteiger partial charge in [0, 0.05) is 25.9 Å². The highest BCUT2D eigenvalue weighted by Gasteiger charge is 2.41. The average molecular weight is 231 g/mol. The van der Waals surface area contributed by atoms with Crippen LogP contribution in [-0.4, -0.2) is 61.4 Å². The number of aliphatic hydroxyl groups excluding tert-OH is 1. The van der Waals surface area contributed by atoms with Crippen molar-refractivity contribution in [3.05, 3.63) is 0 Å². The molecule has 0 radical (unpaired) electrons. The van der Waals surface area contributed by atoms with Gasteiger partial charge in [0.25, 0.3) is 0 Å². The molecule has 0 aromatic carbocycles. The van der Waals surface area contributed by atoms with Gasteiger partial charge in [-0.25, -0.2) is 4.79 Å². The maximum absolute atomic E-state index is 11.5. The standard InChI is InChI=1S/C10H17NO5/c12-5-6-14-9(13)11-3-1-10(2-4-11)15-7-8-16-10/h12H,1-8H2. The first kappa shape index (κ1) is 11.6. The quantitative estimate of drug-likeness (QED) is 0.722. The molecule has 0 atom stereocenters. The van der Waals surface area contributed by atoms with Crippen molar-refractivity contribution in [1.82, 2.24) is 4.90 Å². The Balaban J connectivity index is 1.78. The first-order chi connectivity index (χ1) is 7.76. The maximum atomic E-state index is 11.5. The van der Waals surface area contributed by atoms with Gasteiger partial charge in [-0.05, 0) is 0 Å². The Morgan fingerprint density at radius 2 is 1.94 bits per heavy atom. The van der Waals surface area contributed by atoms with Crippen molar-refractivity contribution < 1.29 is 24.1 Å². The van der Waals surface area contributed by atoms with Crippen molar-refractivity contribution in [2.24, 2.45) is 0 Å². The summed E-state index contributed by atoms with van der Waals surface area (Å²) in [5.41, 5.74) is 0. The second-order valence-electron chi connectivity index (χ2n) is 3.93. The van der Waals surface area contributed by atoms with Crippen LogP contribution in [0, 0.1) is 0 Å². The molecule has 0 aromatic rings. The molecule has 1 amide bonds. The number of rotatable bonds is 2. The SMILES string of the molecule is O=C(OCCO)N1CCC2(CC1)OCCO2. The van der Waals surface area contributed by atoms with E-state index in [-0.39, 0.29) is 19.3 Å². The van der Waals surface area contributed by atoms with E-state index in [1.807, 2.05) is 0 Å². The molecule has 1 spiro atoms. The van der Waals surface area contributed by atoms with Crippen LogP contribution in [0.15, 0.2) is 0 Å². The smallest absolute Gasteiger partial charge is 0.409 e. The van der Waals surface area contributed by atoms with Gasteiger partial charge in [0.1, 0.15) is 6.61 Å². The lowest BCUT2D eigenvalue weighted by molar-refractivity contribution is -0.182. The topological polar surface area (TPSA) is 68.2 Å². The van der Waals surface area contributed by atoms with E-state index in [2.05, 4.69) is 0 Å². The zero-order valence-corrected chi connectivity index (χ0v) is 9.18. The summed E-state index contributed by atoms with van der Waals surface area (Å²) >= 11 is 0. The number of amides is 1. The lowest BCUT2D eigenvalue weighted by Crippen LogP contribution is -2.47. The summed E-state index contributed by atoms with van der Waals surface area (Å²) < 4.78 is 15.9. The Morgan fingerprint density at radius 1 is 1.31 bits per heavy atom. The van der Waals surface area contributed by atoms with Crippen LogP contribution in [0.5, 0.6) is 0 Å². The van der Waals surface area contributed by atoms with Gasteiger partial charge in [-0.3, -0.25) is 0 Å². The summed E-state index contributed by atoms with van der Waals surface area (Å²) in [6.07, 6.45) is 0.990. The molecule has 2 aliphatic rings. The number of carbonyl (C=O) groups excluding carboxylic acids is 1. The number of hydrogen-bond donors (Lipinski definition) is 1. The first-order valence-corrected chi connectivity index (χ1v) is 5.56. The Hall–Kier alpha value is -0.850. The second kappa shape index (κ2) is 4.99. The molecule has 6 nitrogen and oxygen atoms in total. The van der Waals surface area contributed by atoms with Crippen molar-refractivity contribution in [3.8, 4) is 0 Å². The lowest BCUT2D eigenvalue weighted by Gasteiger charge is -2.36. The molecule has 0 saturated carbocycles. The molecule has 0 aromatic heterocycles. The molecule has 16 heavy (non-hydrogen) atoms. The fourth-order valence-corrected chi connectivity index (χ4v) is 2.04. The van der Waals surface area contributed by atoms with Crippen molar-refractivity contribution >= 4 is 6.09 Å². The molecule has 2 saturated heterocycles. The van der Waals surface area contributed by atoms with E-state index in [9.17, 15) is 4.79 Å². The highest BCUT2D eigenvalue weighted by Crippen LogP contribution is 2.31. The molecule has 1 N–H and O–H groups in total. The highest BCUT2D eigenvalue weighted by atomic mass is 16.7. The molecular formula is C10H17NO5. The molecule has 2 fully saturated rings. The first-order valence-electron chi connectivity index (χ1n) is 5.56. The number of aliphatic hydroxyl groups is 1. The third-order valence-corrected chi connectivity index (χ3v) is 2.91. The summed E-state index contributed by atoms with van der Waals surface area (Å²) in [6, 6.07) is 0. The molecule has 0 aliphatic carbocycles. The van der Waals surface area contributed by atoms with E-state index in [0.717, 1.165) is 0 Å². The van der Waals surface area contributed by atoms with Crippen LogP contribution in [-0.2, 0) is 14.2 Å². The predicted octanol–water partition coefficient (Wildman–Crippen LogP) is -0.0458. The van der Waals surface area contributed by atoms with Gasteiger partial charge < -0.3 is 24.2 Å². The minimum atomic E-state index is -0.465. The van der Waals surface area contributed by atoms with E-state index in [4.69, 9.17) is 19.3 Å². The van der Waals surface area contributed by atoms with E-state index in [1.54, 1.807) is 4.90 Å². The minimum Gasteiger partial charge on any atom is -0.447 e. The average Bonchev–Trinajstić information content (AvgIpc) is 2.75. The van der Waals surface area contributed by atoms with Gasteiger partial charge in [0.05, 0.1) is 19.8 Å². The fraction of sp³-hybridized carbons (Fsp3) is 0.900. The molecule has 0 unspecified atom stereocenters. The molecule has 92 valence electrons. The maximum Gasteiger partial charge on any atom is 0.409 e. The van der Waals surface area contributed by atoms with E-state index in [1.165, 1.54) is 0 Å². The summed E-state index contributed by atoms with van der Waals surface area (Å²) in [5.74, 6) is -0.465. The third-order valence-electron chi connectivity index (χ3n) is 2.91. The van der Waals surface area contributed by atoms with Gasteiger partial charge in [-0.1, -0.05) is 0 Å². The van der Waals surface area contributed by atoms with Crippen molar-refractivity contribution in [3.63, 3.8) is 0 Å². The van der Waals surface area contributed by atoms with Gasteiger partial charge in [-0.2, -0.15) is 0 Å². The predicted molar refractivity (Wildman–Crippen MR) is 53.9 cm³/mol. The van der Waals surface area contributed by atoms with Crippen LogP contribution in [0.2, 0.25) is 0 Å². The van der Waals surface area contributed by atoms with Crippen molar-refractivity contribution in [2.75, 3.05) is 39.5 Å². The Bertz CT molecular complexity index is 242. The summed E-state index contributed by atoms with van der Waals surface area (Å²) in [7, 11) is 0. The van der Waals surface area contributed by atoms with Gasteiger partial charge in [0.15, 0.2) is 5.79 Å². The molecule has 0 bridgehead atoms. The Labute approximate surface area is 94.1 Å². The normalized spacial score (nSPS) is 23.7. The highest BCUT2D eigenvalue weighted by molar-refractivity contribution is 5.67. The lowest BCUT2D eigenvalue weighted by atomic mass is 10.0. The van der Waals surface area contributed by atoms with Crippen LogP contribution in [0.3, 0.4) is 0 Å². The largest absolute Gasteiger partial charge is 0.447 e. The number of ether oxygens (including phenoxy) is 3. The zero-order chi connectivity index (χ0) is 11.4. The number of likely N-dealkylation sites (tertiary alicyclic amines) is 1. The van der Waals surface area contributed by atoms with Crippen LogP contribution in [0.4, 0.5) is 4.79 Å². The number of carbonyl (C=O) groups is 1. The third kappa shape index (κ3) is 2.45. The van der Waals surface area contributed by atoms with Crippen LogP contribution in [0.1, 0.15) is 12.8 Å². The Morgan fingerprint density at radius 3 is 2.50 bits per heavy atom. The summed E-state index contributed by atoms with van der Waals surface area (Å²) in [6.45, 7) is 2.32. The molecule has 6 heteroatoms. The van der Waals surface area contributed by atoms with E-state index >= 15 is 0 Å². The van der Waals surface area contributed by atoms with Crippen LogP contribution in [0.25, 0.3) is 0 Å². The minimum absolute atomic E-state index is 0.0491. The van der Waals surface area contributed by atoms with Crippen LogP contribution < -0.4 is 0 Å². The number of piperidine rings is 1. The van der Waals surface area contributed by atoms with Crippen molar-refractivity contribution in [2.45, 2.75) is 18.6 Å². The van der Waals surface area contributed by atoms with Gasteiger partial charge in [-0.15, -0.1) is 0 Å². The summed E-state index contributed by atoms with van der Waals surface area (Å²) in [5, 5.41) is 8.55.